The highest BCUT2D eigenvalue weighted by Gasteiger charge is 2.41. The minimum absolute atomic E-state index is 0.0780. The van der Waals surface area contributed by atoms with Gasteiger partial charge in [-0.2, -0.15) is 0 Å². The fraction of sp³-hybridized carbons (Fsp3) is 0.333. The van der Waals surface area contributed by atoms with Crippen molar-refractivity contribution in [3.05, 3.63) is 53.6 Å². The van der Waals surface area contributed by atoms with E-state index in [1.165, 1.54) is 0 Å². The van der Waals surface area contributed by atoms with Crippen LogP contribution in [0.1, 0.15) is 35.7 Å². The van der Waals surface area contributed by atoms with Crippen molar-refractivity contribution in [1.29, 1.82) is 0 Å². The second-order valence-corrected chi connectivity index (χ2v) is 7.02. The van der Waals surface area contributed by atoms with Crippen LogP contribution < -0.4 is 4.74 Å². The number of hydrogen-bond donors (Lipinski definition) is 1. The molecule has 0 unspecified atom stereocenters. The van der Waals surface area contributed by atoms with E-state index in [2.05, 4.69) is 0 Å². The smallest absolute Gasteiger partial charge is 0.335 e. The molecule has 140 valence electrons. The summed E-state index contributed by atoms with van der Waals surface area (Å²) in [6.07, 6.45) is 1.29. The molecule has 0 radical (unpaired) electrons. The maximum Gasteiger partial charge on any atom is 0.335 e. The van der Waals surface area contributed by atoms with Crippen molar-refractivity contribution in [2.45, 2.75) is 32.2 Å². The molecule has 0 aliphatic carbocycles. The van der Waals surface area contributed by atoms with E-state index in [-0.39, 0.29) is 11.5 Å². The van der Waals surface area contributed by atoms with Gasteiger partial charge in [0.05, 0.1) is 12.2 Å². The molecule has 0 atom stereocenters. The van der Waals surface area contributed by atoms with E-state index in [4.69, 9.17) is 9.47 Å². The van der Waals surface area contributed by atoms with Gasteiger partial charge in [-0.05, 0) is 35.4 Å². The quantitative estimate of drug-likeness (QED) is 0.881. The Morgan fingerprint density at radius 1 is 1.07 bits per heavy atom. The summed E-state index contributed by atoms with van der Waals surface area (Å²) in [7, 11) is 0. The van der Waals surface area contributed by atoms with Crippen LogP contribution in [-0.4, -0.2) is 40.8 Å². The molecular weight excluding hydrogens is 346 g/mol. The standard InChI is InChI=1S/C21H21NO5/c1-14(23)22-9-7-21(8-10-22)26-13-18-12-16(5-6-19(18)27-21)15-3-2-4-17(11-15)20(24)25/h2-6,11-12H,7-10,13H2,1H3,(H,24,25). The average molecular weight is 367 g/mol. The number of rotatable bonds is 2. The van der Waals surface area contributed by atoms with Crippen LogP contribution >= 0.6 is 0 Å². The number of fused-ring (bicyclic) bond motifs is 1. The fourth-order valence-electron chi connectivity index (χ4n) is 3.65. The minimum atomic E-state index is -0.944. The van der Waals surface area contributed by atoms with Gasteiger partial charge in [0.1, 0.15) is 5.75 Å². The molecule has 1 spiro atoms. The van der Waals surface area contributed by atoms with Crippen molar-refractivity contribution < 1.29 is 24.2 Å². The zero-order valence-corrected chi connectivity index (χ0v) is 15.1. The first-order valence-electron chi connectivity index (χ1n) is 9.01. The van der Waals surface area contributed by atoms with Crippen molar-refractivity contribution in [3.8, 4) is 16.9 Å². The number of carbonyl (C=O) groups excluding carboxylic acids is 1. The number of carbonyl (C=O) groups is 2. The monoisotopic (exact) mass is 367 g/mol. The van der Waals surface area contributed by atoms with Crippen LogP contribution in [-0.2, 0) is 16.1 Å². The number of hydrogen-bond acceptors (Lipinski definition) is 4. The topological polar surface area (TPSA) is 76.1 Å². The van der Waals surface area contributed by atoms with Gasteiger partial charge in [-0.1, -0.05) is 18.2 Å². The Labute approximate surface area is 157 Å². The molecule has 6 nitrogen and oxygen atoms in total. The molecule has 2 aromatic rings. The molecule has 2 heterocycles. The molecule has 1 amide bonds. The summed E-state index contributed by atoms with van der Waals surface area (Å²) in [4.78, 5) is 24.5. The SMILES string of the molecule is CC(=O)N1CCC2(CC1)OCc1cc(-c3cccc(C(=O)O)c3)ccc1O2. The predicted molar refractivity (Wildman–Crippen MR) is 98.5 cm³/mol. The van der Waals surface area contributed by atoms with Crippen LogP contribution in [0.5, 0.6) is 5.75 Å². The van der Waals surface area contributed by atoms with Crippen LogP contribution in [0.2, 0.25) is 0 Å². The van der Waals surface area contributed by atoms with Gasteiger partial charge in [0.15, 0.2) is 0 Å². The first kappa shape index (κ1) is 17.5. The molecule has 2 aliphatic rings. The van der Waals surface area contributed by atoms with E-state index in [0.717, 1.165) is 22.4 Å². The molecule has 2 aromatic carbocycles. The third-order valence-corrected chi connectivity index (χ3v) is 5.26. The lowest BCUT2D eigenvalue weighted by molar-refractivity contribution is -0.227. The van der Waals surface area contributed by atoms with Crippen molar-refractivity contribution in [2.24, 2.45) is 0 Å². The molecule has 4 rings (SSSR count). The van der Waals surface area contributed by atoms with Crippen molar-refractivity contribution in [2.75, 3.05) is 13.1 Å². The summed E-state index contributed by atoms with van der Waals surface area (Å²) in [5.74, 6) is -0.741. The Balaban J connectivity index is 1.55. The van der Waals surface area contributed by atoms with Crippen molar-refractivity contribution >= 4 is 11.9 Å². The lowest BCUT2D eigenvalue weighted by Gasteiger charge is -2.43. The molecule has 0 aromatic heterocycles. The molecular formula is C21H21NO5. The highest BCUT2D eigenvalue weighted by Crippen LogP contribution is 2.39. The summed E-state index contributed by atoms with van der Waals surface area (Å²) in [6.45, 7) is 3.27. The molecule has 1 fully saturated rings. The van der Waals surface area contributed by atoms with E-state index in [1.807, 2.05) is 29.2 Å². The van der Waals surface area contributed by atoms with Gasteiger partial charge in [0, 0.05) is 38.4 Å². The normalized spacial score (nSPS) is 17.9. The zero-order chi connectivity index (χ0) is 19.0. The number of likely N-dealkylation sites (tertiary alicyclic amines) is 1. The number of nitrogens with zero attached hydrogens (tertiary/aromatic N) is 1. The predicted octanol–water partition coefficient (Wildman–Crippen LogP) is 3.30. The van der Waals surface area contributed by atoms with E-state index in [1.54, 1.807) is 25.1 Å². The Morgan fingerprint density at radius 2 is 1.81 bits per heavy atom. The van der Waals surface area contributed by atoms with E-state index in [9.17, 15) is 14.7 Å². The summed E-state index contributed by atoms with van der Waals surface area (Å²) >= 11 is 0. The number of ether oxygens (including phenoxy) is 2. The fourth-order valence-corrected chi connectivity index (χ4v) is 3.65. The van der Waals surface area contributed by atoms with E-state index >= 15 is 0 Å². The molecule has 27 heavy (non-hydrogen) atoms. The summed E-state index contributed by atoms with van der Waals surface area (Å²) in [6, 6.07) is 12.7. The maximum absolute atomic E-state index is 11.5. The van der Waals surface area contributed by atoms with Gasteiger partial charge in [-0.3, -0.25) is 4.79 Å². The molecule has 1 N–H and O–H groups in total. The van der Waals surface area contributed by atoms with E-state index < -0.39 is 11.8 Å². The maximum atomic E-state index is 11.5. The van der Waals surface area contributed by atoms with Gasteiger partial charge < -0.3 is 19.5 Å². The number of amides is 1. The Bertz CT molecular complexity index is 899. The number of carboxylic acids is 1. The van der Waals surface area contributed by atoms with E-state index in [0.29, 0.717) is 32.5 Å². The Hall–Kier alpha value is -2.86. The summed E-state index contributed by atoms with van der Waals surface area (Å²) < 4.78 is 12.2. The molecule has 6 heteroatoms. The van der Waals surface area contributed by atoms with Crippen LogP contribution in [0.4, 0.5) is 0 Å². The molecule has 2 aliphatic heterocycles. The lowest BCUT2D eigenvalue weighted by atomic mass is 9.98. The molecule has 0 saturated carbocycles. The Morgan fingerprint density at radius 3 is 2.52 bits per heavy atom. The second kappa shape index (κ2) is 6.70. The van der Waals surface area contributed by atoms with Gasteiger partial charge in [0.2, 0.25) is 11.7 Å². The highest BCUT2D eigenvalue weighted by molar-refractivity contribution is 5.89. The molecule has 0 bridgehead atoms. The highest BCUT2D eigenvalue weighted by atomic mass is 16.7. The average Bonchev–Trinajstić information content (AvgIpc) is 2.68. The summed E-state index contributed by atoms with van der Waals surface area (Å²) in [5.41, 5.74) is 2.96. The van der Waals surface area contributed by atoms with Crippen LogP contribution in [0.15, 0.2) is 42.5 Å². The van der Waals surface area contributed by atoms with Gasteiger partial charge in [0.25, 0.3) is 0 Å². The Kier molecular flexibility index (Phi) is 4.36. The number of aromatic carboxylic acids is 1. The van der Waals surface area contributed by atoms with Crippen LogP contribution in [0.25, 0.3) is 11.1 Å². The lowest BCUT2D eigenvalue weighted by Crippen LogP contribution is -2.52. The second-order valence-electron chi connectivity index (χ2n) is 7.02. The van der Waals surface area contributed by atoms with Gasteiger partial charge >= 0.3 is 5.97 Å². The summed E-state index contributed by atoms with van der Waals surface area (Å²) in [5, 5.41) is 9.18. The van der Waals surface area contributed by atoms with Gasteiger partial charge in [-0.15, -0.1) is 0 Å². The number of benzene rings is 2. The van der Waals surface area contributed by atoms with Crippen molar-refractivity contribution in [1.82, 2.24) is 4.90 Å². The number of carboxylic acid groups (broad SMARTS) is 1. The number of piperidine rings is 1. The molecule has 1 saturated heterocycles. The zero-order valence-electron chi connectivity index (χ0n) is 15.1. The van der Waals surface area contributed by atoms with Gasteiger partial charge in [-0.25, -0.2) is 4.79 Å². The minimum Gasteiger partial charge on any atom is -0.478 e. The first-order valence-corrected chi connectivity index (χ1v) is 9.01. The third-order valence-electron chi connectivity index (χ3n) is 5.26. The van der Waals surface area contributed by atoms with Crippen molar-refractivity contribution in [3.63, 3.8) is 0 Å². The third kappa shape index (κ3) is 3.40. The first-order chi connectivity index (χ1) is 13.0. The van der Waals surface area contributed by atoms with Crippen LogP contribution in [0.3, 0.4) is 0 Å². The van der Waals surface area contributed by atoms with Crippen LogP contribution in [0, 0.1) is 0 Å². The largest absolute Gasteiger partial charge is 0.478 e.